The summed E-state index contributed by atoms with van der Waals surface area (Å²) >= 11 is 0. The van der Waals surface area contributed by atoms with Crippen LogP contribution in [0.25, 0.3) is 0 Å². The maximum absolute atomic E-state index is 5.17. The second kappa shape index (κ2) is 3.94. The Labute approximate surface area is 63.0 Å². The molecule has 0 aromatic heterocycles. The smallest absolute Gasteiger partial charge is 0.0558 e. The molecule has 1 aliphatic rings. The van der Waals surface area contributed by atoms with E-state index in [1.54, 1.807) is 7.11 Å². The van der Waals surface area contributed by atoms with E-state index in [1.165, 1.54) is 19.4 Å². The Balaban J connectivity index is 2.11. The van der Waals surface area contributed by atoms with Crippen LogP contribution in [0.5, 0.6) is 0 Å². The van der Waals surface area contributed by atoms with Crippen molar-refractivity contribution in [1.29, 1.82) is 0 Å². The Kier molecular flexibility index (Phi) is 3.16. The Morgan fingerprint density at radius 2 is 2.50 bits per heavy atom. The van der Waals surface area contributed by atoms with Crippen molar-refractivity contribution < 1.29 is 4.74 Å². The molecule has 2 unspecified atom stereocenters. The van der Waals surface area contributed by atoms with Crippen molar-refractivity contribution >= 4 is 0 Å². The number of hydrogen-bond donors (Lipinski definition) is 1. The maximum atomic E-state index is 5.17. The van der Waals surface area contributed by atoms with Crippen LogP contribution < -0.4 is 5.32 Å². The third-order valence-corrected chi connectivity index (χ3v) is 2.18. The molecular weight excluding hydrogens is 126 g/mol. The lowest BCUT2D eigenvalue weighted by atomic mass is 10.1. The van der Waals surface area contributed by atoms with Crippen molar-refractivity contribution in [2.75, 3.05) is 13.7 Å². The Hall–Kier alpha value is -0.0800. The van der Waals surface area contributed by atoms with Crippen LogP contribution >= 0.6 is 0 Å². The van der Waals surface area contributed by atoms with Crippen LogP contribution in [0.15, 0.2) is 0 Å². The van der Waals surface area contributed by atoms with E-state index in [1.807, 2.05) is 0 Å². The molecule has 10 heavy (non-hydrogen) atoms. The highest BCUT2D eigenvalue weighted by molar-refractivity contribution is 4.75. The van der Waals surface area contributed by atoms with Crippen LogP contribution in [0.4, 0.5) is 0 Å². The molecule has 0 aliphatic carbocycles. The molecule has 0 aromatic rings. The molecule has 0 saturated carbocycles. The summed E-state index contributed by atoms with van der Waals surface area (Å²) in [6.07, 6.45) is 4.24. The van der Waals surface area contributed by atoms with Crippen molar-refractivity contribution in [1.82, 2.24) is 5.32 Å². The van der Waals surface area contributed by atoms with Crippen LogP contribution in [0, 0.1) is 0 Å². The molecule has 2 heteroatoms. The molecule has 1 aliphatic heterocycles. The predicted molar refractivity (Wildman–Crippen MR) is 42.1 cm³/mol. The SMILES string of the molecule is COC(C)CC1CCCN1. The molecular formula is C8H17NO. The van der Waals surface area contributed by atoms with E-state index < -0.39 is 0 Å². The first-order chi connectivity index (χ1) is 4.83. The van der Waals surface area contributed by atoms with E-state index in [2.05, 4.69) is 12.2 Å². The number of methoxy groups -OCH3 is 1. The zero-order valence-corrected chi connectivity index (χ0v) is 6.89. The van der Waals surface area contributed by atoms with E-state index in [9.17, 15) is 0 Å². The summed E-state index contributed by atoms with van der Waals surface area (Å²) in [4.78, 5) is 0. The van der Waals surface area contributed by atoms with Gasteiger partial charge in [-0.1, -0.05) is 0 Å². The zero-order valence-electron chi connectivity index (χ0n) is 6.89. The second-order valence-electron chi connectivity index (χ2n) is 3.08. The number of ether oxygens (including phenoxy) is 1. The van der Waals surface area contributed by atoms with Gasteiger partial charge in [0, 0.05) is 13.2 Å². The highest BCUT2D eigenvalue weighted by atomic mass is 16.5. The fourth-order valence-corrected chi connectivity index (χ4v) is 1.45. The molecule has 1 saturated heterocycles. The van der Waals surface area contributed by atoms with E-state index >= 15 is 0 Å². The summed E-state index contributed by atoms with van der Waals surface area (Å²) in [5.41, 5.74) is 0. The normalized spacial score (nSPS) is 28.8. The highest BCUT2D eigenvalue weighted by Crippen LogP contribution is 2.11. The molecule has 60 valence electrons. The fraction of sp³-hybridized carbons (Fsp3) is 1.00. The monoisotopic (exact) mass is 143 g/mol. The van der Waals surface area contributed by atoms with Crippen LogP contribution in [0.2, 0.25) is 0 Å². The van der Waals surface area contributed by atoms with Gasteiger partial charge in [0.25, 0.3) is 0 Å². The van der Waals surface area contributed by atoms with Gasteiger partial charge in [-0.3, -0.25) is 0 Å². The quantitative estimate of drug-likeness (QED) is 0.640. The number of rotatable bonds is 3. The molecule has 0 amide bonds. The minimum absolute atomic E-state index is 0.413. The molecule has 1 rings (SSSR count). The van der Waals surface area contributed by atoms with Gasteiger partial charge in [-0.25, -0.2) is 0 Å². The van der Waals surface area contributed by atoms with Crippen LogP contribution in [0.3, 0.4) is 0 Å². The molecule has 1 N–H and O–H groups in total. The van der Waals surface area contributed by atoms with Gasteiger partial charge in [0.15, 0.2) is 0 Å². The molecule has 1 fully saturated rings. The van der Waals surface area contributed by atoms with Crippen molar-refractivity contribution in [2.45, 2.75) is 38.3 Å². The number of nitrogens with one attached hydrogen (secondary N) is 1. The topological polar surface area (TPSA) is 21.3 Å². The van der Waals surface area contributed by atoms with Gasteiger partial charge in [0.1, 0.15) is 0 Å². The first-order valence-corrected chi connectivity index (χ1v) is 4.09. The van der Waals surface area contributed by atoms with Crippen molar-refractivity contribution in [3.05, 3.63) is 0 Å². The molecule has 0 aromatic carbocycles. The lowest BCUT2D eigenvalue weighted by molar-refractivity contribution is 0.103. The van der Waals surface area contributed by atoms with Gasteiger partial charge < -0.3 is 10.1 Å². The summed E-state index contributed by atoms with van der Waals surface area (Å²) in [7, 11) is 1.78. The average molecular weight is 143 g/mol. The van der Waals surface area contributed by atoms with Crippen molar-refractivity contribution in [3.8, 4) is 0 Å². The van der Waals surface area contributed by atoms with Gasteiger partial charge in [-0.2, -0.15) is 0 Å². The van der Waals surface area contributed by atoms with Gasteiger partial charge >= 0.3 is 0 Å². The molecule has 0 spiro atoms. The standard InChI is InChI=1S/C8H17NO/c1-7(10-2)6-8-4-3-5-9-8/h7-9H,3-6H2,1-2H3. The molecule has 0 radical (unpaired) electrons. The largest absolute Gasteiger partial charge is 0.382 e. The van der Waals surface area contributed by atoms with E-state index in [0.29, 0.717) is 6.10 Å². The average Bonchev–Trinajstić information content (AvgIpc) is 2.40. The van der Waals surface area contributed by atoms with Gasteiger partial charge in [-0.05, 0) is 32.7 Å². The first-order valence-electron chi connectivity index (χ1n) is 4.09. The van der Waals surface area contributed by atoms with Gasteiger partial charge in [0.2, 0.25) is 0 Å². The lowest BCUT2D eigenvalue weighted by Crippen LogP contribution is -2.26. The van der Waals surface area contributed by atoms with Gasteiger partial charge in [-0.15, -0.1) is 0 Å². The summed E-state index contributed by atoms with van der Waals surface area (Å²) < 4.78 is 5.17. The van der Waals surface area contributed by atoms with E-state index in [-0.39, 0.29) is 0 Å². The highest BCUT2D eigenvalue weighted by Gasteiger charge is 2.16. The minimum Gasteiger partial charge on any atom is -0.382 e. The summed E-state index contributed by atoms with van der Waals surface area (Å²) in [5.74, 6) is 0. The summed E-state index contributed by atoms with van der Waals surface area (Å²) in [6, 6.07) is 0.718. The van der Waals surface area contributed by atoms with Crippen molar-refractivity contribution in [2.24, 2.45) is 0 Å². The Morgan fingerprint density at radius 3 is 3.00 bits per heavy atom. The predicted octanol–water partition coefficient (Wildman–Crippen LogP) is 1.16. The van der Waals surface area contributed by atoms with Gasteiger partial charge in [0.05, 0.1) is 6.10 Å². The third-order valence-electron chi connectivity index (χ3n) is 2.18. The summed E-state index contributed by atoms with van der Waals surface area (Å²) in [6.45, 7) is 3.32. The van der Waals surface area contributed by atoms with Crippen LogP contribution in [0.1, 0.15) is 26.2 Å². The zero-order chi connectivity index (χ0) is 7.40. The molecule has 2 nitrogen and oxygen atoms in total. The first kappa shape index (κ1) is 8.02. The second-order valence-corrected chi connectivity index (χ2v) is 3.08. The van der Waals surface area contributed by atoms with Crippen LogP contribution in [-0.4, -0.2) is 25.8 Å². The van der Waals surface area contributed by atoms with E-state index in [4.69, 9.17) is 4.74 Å². The lowest BCUT2D eigenvalue weighted by Gasteiger charge is -2.14. The third kappa shape index (κ3) is 2.27. The number of hydrogen-bond acceptors (Lipinski definition) is 2. The van der Waals surface area contributed by atoms with Crippen molar-refractivity contribution in [3.63, 3.8) is 0 Å². The van der Waals surface area contributed by atoms with E-state index in [0.717, 1.165) is 12.5 Å². The fourth-order valence-electron chi connectivity index (χ4n) is 1.45. The van der Waals surface area contributed by atoms with Crippen LogP contribution in [-0.2, 0) is 4.74 Å². The Morgan fingerprint density at radius 1 is 1.70 bits per heavy atom. The molecule has 0 bridgehead atoms. The molecule has 2 atom stereocenters. The Bertz CT molecular complexity index is 89.3. The maximum Gasteiger partial charge on any atom is 0.0558 e. The molecule has 1 heterocycles. The summed E-state index contributed by atoms with van der Waals surface area (Å²) in [5, 5.41) is 3.44. The minimum atomic E-state index is 0.413.